The fraction of sp³-hybridized carbons (Fsp3) is 0.400. The Bertz CT molecular complexity index is 207. The van der Waals surface area contributed by atoms with E-state index in [1.807, 2.05) is 6.92 Å². The minimum Gasteiger partial charge on any atom is -0.498 e. The van der Waals surface area contributed by atoms with Gasteiger partial charge >= 0.3 is 0 Å². The van der Waals surface area contributed by atoms with E-state index in [2.05, 4.69) is 0 Å². The van der Waals surface area contributed by atoms with Gasteiger partial charge in [-0.25, -0.2) is 4.39 Å². The molecule has 2 nitrogen and oxygen atoms in total. The van der Waals surface area contributed by atoms with Crippen LogP contribution < -0.4 is 0 Å². The Balaban J connectivity index is 4.32. The molecule has 0 bridgehead atoms. The lowest BCUT2D eigenvalue weighted by Gasteiger charge is -2.13. The summed E-state index contributed by atoms with van der Waals surface area (Å²) in [6.45, 7) is 1.85. The van der Waals surface area contributed by atoms with Gasteiger partial charge in [0.05, 0.1) is 13.4 Å². The van der Waals surface area contributed by atoms with E-state index in [1.165, 1.54) is 6.08 Å². The van der Waals surface area contributed by atoms with Crippen LogP contribution in [0.25, 0.3) is 0 Å². The number of methoxy groups -OCH3 is 2. The fourth-order valence-corrected chi connectivity index (χ4v) is 0.895. The van der Waals surface area contributed by atoms with Crippen molar-refractivity contribution in [3.63, 3.8) is 0 Å². The van der Waals surface area contributed by atoms with Crippen molar-refractivity contribution in [1.82, 2.24) is 0 Å². The molecule has 0 saturated heterocycles. The average molecular weight is 186 g/mol. The van der Waals surface area contributed by atoms with Gasteiger partial charge in [-0.2, -0.15) is 0 Å². The van der Waals surface area contributed by atoms with Gasteiger partial charge in [-0.05, 0) is 25.2 Å². The maximum Gasteiger partial charge on any atom is 0.132 e. The summed E-state index contributed by atoms with van der Waals surface area (Å²) < 4.78 is 21.7. The van der Waals surface area contributed by atoms with Crippen LogP contribution in [-0.2, 0) is 9.47 Å². The monoisotopic (exact) mass is 186 g/mol. The lowest BCUT2D eigenvalue weighted by molar-refractivity contribution is 0.110. The summed E-state index contributed by atoms with van der Waals surface area (Å²) in [7, 11) is 3.14. The van der Waals surface area contributed by atoms with Crippen molar-refractivity contribution in [2.45, 2.75) is 13.0 Å². The molecule has 13 heavy (non-hydrogen) atoms. The van der Waals surface area contributed by atoms with Crippen molar-refractivity contribution >= 4 is 0 Å². The fourth-order valence-electron chi connectivity index (χ4n) is 0.895. The van der Waals surface area contributed by atoms with E-state index in [4.69, 9.17) is 9.47 Å². The molecule has 0 aromatic rings. The standard InChI is InChI=1S/C10H15FO2/c1-4-9(12-2)10(13-3)7-5-6-8-11/h4-8,10H,1-3H3/b7-5?,8-6+,9-4+. The molecule has 0 rings (SSSR count). The minimum absolute atomic E-state index is 0.258. The first-order valence-electron chi connectivity index (χ1n) is 3.96. The zero-order valence-electron chi connectivity index (χ0n) is 8.16. The van der Waals surface area contributed by atoms with E-state index >= 15 is 0 Å². The molecule has 0 aliphatic carbocycles. The van der Waals surface area contributed by atoms with Gasteiger partial charge in [0, 0.05) is 7.11 Å². The Morgan fingerprint density at radius 3 is 2.38 bits per heavy atom. The molecule has 0 amide bonds. The van der Waals surface area contributed by atoms with Gasteiger partial charge in [0.2, 0.25) is 0 Å². The number of hydrogen-bond acceptors (Lipinski definition) is 2. The highest BCUT2D eigenvalue weighted by atomic mass is 19.1. The van der Waals surface area contributed by atoms with E-state index in [9.17, 15) is 4.39 Å². The Morgan fingerprint density at radius 2 is 2.00 bits per heavy atom. The largest absolute Gasteiger partial charge is 0.498 e. The second-order valence-electron chi connectivity index (χ2n) is 2.25. The van der Waals surface area contributed by atoms with Gasteiger partial charge in [-0.1, -0.05) is 6.08 Å². The zero-order chi connectivity index (χ0) is 10.1. The topological polar surface area (TPSA) is 18.5 Å². The molecule has 0 saturated carbocycles. The second-order valence-corrected chi connectivity index (χ2v) is 2.25. The molecule has 0 fully saturated rings. The molecule has 0 heterocycles. The summed E-state index contributed by atoms with van der Waals surface area (Å²) in [6, 6.07) is 0. The molecule has 0 aliphatic heterocycles. The molecule has 74 valence electrons. The van der Waals surface area contributed by atoms with Crippen molar-refractivity contribution in [1.29, 1.82) is 0 Å². The van der Waals surface area contributed by atoms with E-state index in [-0.39, 0.29) is 6.10 Å². The average Bonchev–Trinajstić information content (AvgIpc) is 2.17. The van der Waals surface area contributed by atoms with Crippen molar-refractivity contribution in [3.05, 3.63) is 36.4 Å². The molecule has 0 spiro atoms. The predicted octanol–water partition coefficient (Wildman–Crippen LogP) is 2.59. The summed E-state index contributed by atoms with van der Waals surface area (Å²) in [5.41, 5.74) is 0. The smallest absolute Gasteiger partial charge is 0.132 e. The first-order chi connectivity index (χ1) is 6.29. The third-order valence-electron chi connectivity index (χ3n) is 1.52. The van der Waals surface area contributed by atoms with E-state index < -0.39 is 0 Å². The van der Waals surface area contributed by atoms with Crippen LogP contribution in [0.2, 0.25) is 0 Å². The van der Waals surface area contributed by atoms with Crippen LogP contribution in [0.15, 0.2) is 36.4 Å². The number of ether oxygens (including phenoxy) is 2. The van der Waals surface area contributed by atoms with Gasteiger partial charge in [-0.3, -0.25) is 0 Å². The van der Waals surface area contributed by atoms with E-state index in [0.29, 0.717) is 12.1 Å². The van der Waals surface area contributed by atoms with Gasteiger partial charge in [0.25, 0.3) is 0 Å². The summed E-state index contributed by atoms with van der Waals surface area (Å²) in [6.07, 6.45) is 6.56. The van der Waals surface area contributed by atoms with E-state index in [0.717, 1.165) is 0 Å². The molecule has 0 N–H and O–H groups in total. The first kappa shape index (κ1) is 11.9. The van der Waals surface area contributed by atoms with Crippen molar-refractivity contribution in [3.8, 4) is 0 Å². The maximum atomic E-state index is 11.6. The molecule has 0 aliphatic rings. The molecule has 1 unspecified atom stereocenters. The van der Waals surface area contributed by atoms with Gasteiger partial charge in [0.15, 0.2) is 0 Å². The Morgan fingerprint density at radius 1 is 1.31 bits per heavy atom. The van der Waals surface area contributed by atoms with Crippen LogP contribution >= 0.6 is 0 Å². The lowest BCUT2D eigenvalue weighted by atomic mass is 10.2. The number of halogens is 1. The molecule has 1 atom stereocenters. The van der Waals surface area contributed by atoms with Gasteiger partial charge in [0.1, 0.15) is 11.9 Å². The van der Waals surface area contributed by atoms with Gasteiger partial charge < -0.3 is 9.47 Å². The van der Waals surface area contributed by atoms with Crippen molar-refractivity contribution in [2.24, 2.45) is 0 Å². The maximum absolute atomic E-state index is 11.6. The van der Waals surface area contributed by atoms with Crippen LogP contribution in [0.1, 0.15) is 6.92 Å². The van der Waals surface area contributed by atoms with Crippen LogP contribution in [0.3, 0.4) is 0 Å². The number of rotatable bonds is 5. The minimum atomic E-state index is -0.258. The Labute approximate surface area is 78.3 Å². The molecule has 3 heteroatoms. The highest BCUT2D eigenvalue weighted by Gasteiger charge is 2.07. The third-order valence-corrected chi connectivity index (χ3v) is 1.52. The van der Waals surface area contributed by atoms with Crippen LogP contribution in [0.5, 0.6) is 0 Å². The summed E-state index contributed by atoms with van der Waals surface area (Å²) in [5.74, 6) is 0.700. The Hall–Kier alpha value is -1.09. The summed E-state index contributed by atoms with van der Waals surface area (Å²) in [5, 5.41) is 0. The van der Waals surface area contributed by atoms with Crippen molar-refractivity contribution in [2.75, 3.05) is 14.2 Å². The van der Waals surface area contributed by atoms with E-state index in [1.54, 1.807) is 32.4 Å². The normalized spacial score (nSPS) is 15.5. The predicted molar refractivity (Wildman–Crippen MR) is 51.0 cm³/mol. The molecular formula is C10H15FO2. The highest BCUT2D eigenvalue weighted by Crippen LogP contribution is 2.08. The first-order valence-corrected chi connectivity index (χ1v) is 3.96. The molecular weight excluding hydrogens is 171 g/mol. The SMILES string of the molecule is C/C=C(/OC)C(C=C/C=C/F)OC. The number of hydrogen-bond donors (Lipinski definition) is 0. The second kappa shape index (κ2) is 7.55. The Kier molecular flexibility index (Phi) is 6.92. The van der Waals surface area contributed by atoms with Crippen LogP contribution in [0.4, 0.5) is 4.39 Å². The lowest BCUT2D eigenvalue weighted by Crippen LogP contribution is -2.11. The zero-order valence-corrected chi connectivity index (χ0v) is 8.16. The highest BCUT2D eigenvalue weighted by molar-refractivity contribution is 5.12. The van der Waals surface area contributed by atoms with Crippen LogP contribution in [-0.4, -0.2) is 20.3 Å². The quantitative estimate of drug-likeness (QED) is 0.485. The summed E-state index contributed by atoms with van der Waals surface area (Å²) in [4.78, 5) is 0. The van der Waals surface area contributed by atoms with Crippen molar-refractivity contribution < 1.29 is 13.9 Å². The third kappa shape index (κ3) is 4.48. The molecule has 0 radical (unpaired) electrons. The number of allylic oxidation sites excluding steroid dienone is 3. The molecule has 0 aromatic heterocycles. The van der Waals surface area contributed by atoms with Crippen LogP contribution in [0, 0.1) is 0 Å². The summed E-state index contributed by atoms with van der Waals surface area (Å²) >= 11 is 0. The van der Waals surface area contributed by atoms with Gasteiger partial charge in [-0.15, -0.1) is 0 Å². The molecule has 0 aromatic carbocycles.